The quantitative estimate of drug-likeness (QED) is 0.392. The van der Waals surface area contributed by atoms with E-state index < -0.39 is 5.92 Å². The first-order chi connectivity index (χ1) is 7.99. The molecule has 17 heavy (non-hydrogen) atoms. The van der Waals surface area contributed by atoms with Crippen molar-refractivity contribution in [3.63, 3.8) is 0 Å². The van der Waals surface area contributed by atoms with Crippen LogP contribution in [0, 0.1) is 5.92 Å². The molecule has 0 aromatic heterocycles. The minimum absolute atomic E-state index is 0.134. The Kier molecular flexibility index (Phi) is 8.25. The molecule has 0 rings (SSSR count). The molecule has 6 nitrogen and oxygen atoms in total. The van der Waals surface area contributed by atoms with Crippen LogP contribution < -0.4 is 16.4 Å². The molecule has 0 aromatic carbocycles. The lowest BCUT2D eigenvalue weighted by atomic mass is 10.1. The van der Waals surface area contributed by atoms with Crippen LogP contribution in [0.2, 0.25) is 0 Å². The zero-order chi connectivity index (χ0) is 13.3. The van der Waals surface area contributed by atoms with Crippen LogP contribution >= 0.6 is 12.2 Å². The van der Waals surface area contributed by atoms with Gasteiger partial charge in [-0.2, -0.15) is 0 Å². The Bertz CT molecular complexity index is 284. The van der Waals surface area contributed by atoms with Gasteiger partial charge in [0.25, 0.3) is 0 Å². The molecule has 1 atom stereocenters. The summed E-state index contributed by atoms with van der Waals surface area (Å²) in [5.41, 5.74) is 5.33. The second-order valence-electron chi connectivity index (χ2n) is 3.51. The standard InChI is InChI=1S/C10H19N3O3S/c1-7(9(11)17)10(15)13-4-3-8(14)12-5-6-16-2/h7H,3-6H2,1-2H3,(H2,11,17)(H,12,14)(H,13,15). The van der Waals surface area contributed by atoms with Crippen molar-refractivity contribution >= 4 is 29.0 Å². The van der Waals surface area contributed by atoms with Crippen molar-refractivity contribution in [3.8, 4) is 0 Å². The van der Waals surface area contributed by atoms with Gasteiger partial charge in [-0.05, 0) is 6.92 Å². The van der Waals surface area contributed by atoms with Crippen molar-refractivity contribution in [3.05, 3.63) is 0 Å². The van der Waals surface area contributed by atoms with Gasteiger partial charge in [-0.25, -0.2) is 0 Å². The Morgan fingerprint density at radius 2 is 2.00 bits per heavy atom. The number of ether oxygens (including phenoxy) is 1. The van der Waals surface area contributed by atoms with Crippen molar-refractivity contribution in [1.29, 1.82) is 0 Å². The fourth-order valence-electron chi connectivity index (χ4n) is 0.962. The predicted octanol–water partition coefficient (Wildman–Crippen LogP) is -0.822. The SMILES string of the molecule is COCCNC(=O)CCNC(=O)C(C)C(N)=S. The summed E-state index contributed by atoms with van der Waals surface area (Å²) in [6.07, 6.45) is 0.222. The van der Waals surface area contributed by atoms with Gasteiger partial charge >= 0.3 is 0 Å². The number of nitrogens with one attached hydrogen (secondary N) is 2. The van der Waals surface area contributed by atoms with Crippen LogP contribution in [-0.2, 0) is 14.3 Å². The van der Waals surface area contributed by atoms with Gasteiger partial charge in [0, 0.05) is 26.6 Å². The van der Waals surface area contributed by atoms with Gasteiger partial charge in [0.1, 0.15) is 0 Å². The summed E-state index contributed by atoms with van der Waals surface area (Å²) in [4.78, 5) is 22.8. The Labute approximate surface area is 106 Å². The van der Waals surface area contributed by atoms with Crippen LogP contribution in [0.3, 0.4) is 0 Å². The number of amides is 2. The Hall–Kier alpha value is -1.21. The summed E-state index contributed by atoms with van der Waals surface area (Å²) < 4.78 is 4.78. The first kappa shape index (κ1) is 15.8. The van der Waals surface area contributed by atoms with Crippen LogP contribution in [-0.4, -0.2) is 43.6 Å². The first-order valence-corrected chi connectivity index (χ1v) is 5.72. The van der Waals surface area contributed by atoms with Gasteiger partial charge in [0.05, 0.1) is 17.5 Å². The summed E-state index contributed by atoms with van der Waals surface area (Å²) in [5.74, 6) is -0.908. The normalized spacial score (nSPS) is 11.6. The van der Waals surface area contributed by atoms with E-state index >= 15 is 0 Å². The lowest BCUT2D eigenvalue weighted by Crippen LogP contribution is -2.38. The number of rotatable bonds is 8. The number of carbonyl (C=O) groups excluding carboxylic acids is 2. The van der Waals surface area contributed by atoms with Crippen LogP contribution in [0.15, 0.2) is 0 Å². The number of methoxy groups -OCH3 is 1. The molecular weight excluding hydrogens is 242 g/mol. The van der Waals surface area contributed by atoms with Crippen LogP contribution in [0.5, 0.6) is 0 Å². The number of thiocarbonyl (C=S) groups is 1. The topological polar surface area (TPSA) is 93.5 Å². The van der Waals surface area contributed by atoms with Gasteiger partial charge in [0.15, 0.2) is 0 Å². The van der Waals surface area contributed by atoms with E-state index in [1.807, 2.05) is 0 Å². The van der Waals surface area contributed by atoms with E-state index in [9.17, 15) is 9.59 Å². The molecule has 0 heterocycles. The van der Waals surface area contributed by atoms with E-state index in [4.69, 9.17) is 22.7 Å². The second-order valence-corrected chi connectivity index (χ2v) is 3.98. The highest BCUT2D eigenvalue weighted by atomic mass is 32.1. The van der Waals surface area contributed by atoms with E-state index in [2.05, 4.69) is 10.6 Å². The summed E-state index contributed by atoms with van der Waals surface area (Å²) >= 11 is 4.69. The van der Waals surface area contributed by atoms with Gasteiger partial charge < -0.3 is 21.1 Å². The summed E-state index contributed by atoms with van der Waals surface area (Å²) in [6.45, 7) is 2.82. The highest BCUT2D eigenvalue weighted by molar-refractivity contribution is 7.80. The smallest absolute Gasteiger partial charge is 0.229 e. The zero-order valence-electron chi connectivity index (χ0n) is 10.1. The fourth-order valence-corrected chi connectivity index (χ4v) is 1.07. The molecule has 0 aliphatic rings. The lowest BCUT2D eigenvalue weighted by Gasteiger charge is -2.10. The maximum absolute atomic E-state index is 11.4. The van der Waals surface area contributed by atoms with Gasteiger partial charge in [0.2, 0.25) is 11.8 Å². The molecular formula is C10H19N3O3S. The third-order valence-corrected chi connectivity index (χ3v) is 2.45. The molecule has 0 spiro atoms. The van der Waals surface area contributed by atoms with Gasteiger partial charge in [-0.15, -0.1) is 0 Å². The number of carbonyl (C=O) groups is 2. The largest absolute Gasteiger partial charge is 0.393 e. The molecule has 4 N–H and O–H groups in total. The summed E-state index contributed by atoms with van der Waals surface area (Å²) in [7, 11) is 1.56. The molecule has 1 unspecified atom stereocenters. The Balaban J connectivity index is 3.66. The molecule has 0 saturated heterocycles. The molecule has 0 bridgehead atoms. The van der Waals surface area contributed by atoms with Crippen LogP contribution in [0.1, 0.15) is 13.3 Å². The van der Waals surface area contributed by atoms with Crippen LogP contribution in [0.25, 0.3) is 0 Å². The Morgan fingerprint density at radius 1 is 1.35 bits per heavy atom. The minimum atomic E-state index is -0.512. The second kappa shape index (κ2) is 8.89. The van der Waals surface area contributed by atoms with Crippen LogP contribution in [0.4, 0.5) is 0 Å². The van der Waals surface area contributed by atoms with Gasteiger partial charge in [-0.3, -0.25) is 9.59 Å². The maximum atomic E-state index is 11.4. The minimum Gasteiger partial charge on any atom is -0.393 e. The zero-order valence-corrected chi connectivity index (χ0v) is 10.9. The monoisotopic (exact) mass is 261 g/mol. The molecule has 0 aliphatic heterocycles. The fraction of sp³-hybridized carbons (Fsp3) is 0.700. The highest BCUT2D eigenvalue weighted by Gasteiger charge is 2.14. The maximum Gasteiger partial charge on any atom is 0.229 e. The van der Waals surface area contributed by atoms with E-state index in [1.165, 1.54) is 0 Å². The van der Waals surface area contributed by atoms with Crippen molar-refractivity contribution in [1.82, 2.24) is 10.6 Å². The predicted molar refractivity (Wildman–Crippen MR) is 68.5 cm³/mol. The van der Waals surface area contributed by atoms with Crippen molar-refractivity contribution in [2.24, 2.45) is 11.7 Å². The average Bonchev–Trinajstić information content (AvgIpc) is 2.28. The molecule has 98 valence electrons. The highest BCUT2D eigenvalue weighted by Crippen LogP contribution is 1.94. The van der Waals surface area contributed by atoms with E-state index in [0.29, 0.717) is 13.2 Å². The van der Waals surface area contributed by atoms with Crippen molar-refractivity contribution < 1.29 is 14.3 Å². The molecule has 0 radical (unpaired) electrons. The number of hydrogen-bond acceptors (Lipinski definition) is 4. The molecule has 0 saturated carbocycles. The average molecular weight is 261 g/mol. The molecule has 7 heteroatoms. The molecule has 0 aromatic rings. The third-order valence-electron chi connectivity index (χ3n) is 2.10. The summed E-state index contributed by atoms with van der Waals surface area (Å²) in [6, 6.07) is 0. The van der Waals surface area contributed by atoms with Gasteiger partial charge in [-0.1, -0.05) is 12.2 Å². The lowest BCUT2D eigenvalue weighted by molar-refractivity contribution is -0.123. The van der Waals surface area contributed by atoms with Crippen molar-refractivity contribution in [2.45, 2.75) is 13.3 Å². The van der Waals surface area contributed by atoms with E-state index in [1.54, 1.807) is 14.0 Å². The summed E-state index contributed by atoms with van der Waals surface area (Å²) in [5, 5.41) is 5.23. The Morgan fingerprint density at radius 3 is 2.53 bits per heavy atom. The number of hydrogen-bond donors (Lipinski definition) is 3. The molecule has 0 fully saturated rings. The van der Waals surface area contributed by atoms with Crippen molar-refractivity contribution in [2.75, 3.05) is 26.8 Å². The molecule has 2 amide bonds. The molecule has 0 aliphatic carbocycles. The first-order valence-electron chi connectivity index (χ1n) is 5.31. The third kappa shape index (κ3) is 7.64. The number of nitrogens with two attached hydrogens (primary N) is 1. The van der Waals surface area contributed by atoms with E-state index in [-0.39, 0.29) is 29.8 Å². The van der Waals surface area contributed by atoms with E-state index in [0.717, 1.165) is 0 Å².